The van der Waals surface area contributed by atoms with Gasteiger partial charge >= 0.3 is 0 Å². The number of ether oxygens (including phenoxy) is 5. The van der Waals surface area contributed by atoms with Gasteiger partial charge in [0, 0.05) is 0 Å². The second-order valence-corrected chi connectivity index (χ2v) is 15.3. The van der Waals surface area contributed by atoms with Crippen LogP contribution in [0.4, 0.5) is 0 Å². The monoisotopic (exact) mass is 477 g/mol. The first-order valence-corrected chi connectivity index (χ1v) is 15.3. The zero-order chi connectivity index (χ0) is 24.0. The summed E-state index contributed by atoms with van der Waals surface area (Å²) in [5, 5.41) is 2.01. The summed E-state index contributed by atoms with van der Waals surface area (Å²) in [6.45, 7) is 18.7. The summed E-state index contributed by atoms with van der Waals surface area (Å²) >= 11 is 0. The molecule has 0 aromatic heterocycles. The summed E-state index contributed by atoms with van der Waals surface area (Å²) in [4.78, 5) is 0. The van der Waals surface area contributed by atoms with Crippen molar-refractivity contribution in [2.24, 2.45) is 0 Å². The van der Waals surface area contributed by atoms with Crippen LogP contribution in [0.3, 0.4) is 0 Å². The normalized spacial score (nSPS) is 33.9. The summed E-state index contributed by atoms with van der Waals surface area (Å²) < 4.78 is 38.2. The van der Waals surface area contributed by atoms with Gasteiger partial charge in [-0.15, -0.1) is 6.58 Å². The molecule has 6 atom stereocenters. The number of hydroxylamine groups is 2. The summed E-state index contributed by atoms with van der Waals surface area (Å²) in [6.07, 6.45) is 0.955. The van der Waals surface area contributed by atoms with Gasteiger partial charge in [-0.2, -0.15) is 5.06 Å². The molecule has 7 nitrogen and oxygen atoms in total. The third kappa shape index (κ3) is 5.60. The fourth-order valence-corrected chi connectivity index (χ4v) is 5.68. The zero-order valence-corrected chi connectivity index (χ0v) is 21.9. The van der Waals surface area contributed by atoms with Gasteiger partial charge in [0.25, 0.3) is 0 Å². The Labute approximate surface area is 199 Å². The molecule has 3 saturated heterocycles. The highest BCUT2D eigenvalue weighted by molar-refractivity contribution is 6.69. The number of fused-ring (bicyclic) bond motifs is 1. The van der Waals surface area contributed by atoms with Crippen LogP contribution in [0.1, 0.15) is 45.7 Å². The third-order valence-corrected chi connectivity index (χ3v) is 6.73. The van der Waals surface area contributed by atoms with E-state index in [1.807, 2.05) is 57.0 Å². The Bertz CT molecular complexity index is 826. The predicted octanol–water partition coefficient (Wildman–Crippen LogP) is 4.77. The molecule has 0 unspecified atom stereocenters. The van der Waals surface area contributed by atoms with Crippen LogP contribution in [0.5, 0.6) is 0 Å². The molecule has 0 amide bonds. The van der Waals surface area contributed by atoms with Crippen LogP contribution in [-0.2, 0) is 28.2 Å². The number of hydrogen-bond donors (Lipinski definition) is 0. The molecule has 3 aliphatic heterocycles. The maximum Gasteiger partial charge on any atom is 0.212 e. The third-order valence-electron chi connectivity index (χ3n) is 5.97. The molecule has 0 saturated carbocycles. The summed E-state index contributed by atoms with van der Waals surface area (Å²) in [5.41, 5.74) is 1.14. The average Bonchev–Trinajstić information content (AvgIpc) is 3.34. The van der Waals surface area contributed by atoms with Gasteiger partial charge in [0.1, 0.15) is 24.4 Å². The maximum atomic E-state index is 6.71. The van der Waals surface area contributed by atoms with Crippen LogP contribution in [-0.4, -0.2) is 62.2 Å². The lowest BCUT2D eigenvalue weighted by Crippen LogP contribution is -2.50. The number of benzene rings is 1. The molecule has 0 N–H and O–H groups in total. The van der Waals surface area contributed by atoms with Gasteiger partial charge in [-0.1, -0.05) is 36.4 Å². The van der Waals surface area contributed by atoms with Gasteiger partial charge in [0.2, 0.25) is 8.32 Å². The Morgan fingerprint density at radius 1 is 1.03 bits per heavy atom. The van der Waals surface area contributed by atoms with Crippen LogP contribution < -0.4 is 0 Å². The molecule has 1 aromatic rings. The highest BCUT2D eigenvalue weighted by Crippen LogP contribution is 2.45. The van der Waals surface area contributed by atoms with Crippen LogP contribution in [0, 0.1) is 0 Å². The van der Waals surface area contributed by atoms with Crippen molar-refractivity contribution in [3.8, 4) is 0 Å². The molecule has 0 radical (unpaired) electrons. The minimum absolute atomic E-state index is 0.0793. The number of hydrogen-bond acceptors (Lipinski definition) is 7. The van der Waals surface area contributed by atoms with Crippen molar-refractivity contribution < 1.29 is 28.2 Å². The molecule has 3 fully saturated rings. The molecule has 33 heavy (non-hydrogen) atoms. The minimum atomic E-state index is -2.01. The molecule has 4 rings (SSSR count). The van der Waals surface area contributed by atoms with Crippen molar-refractivity contribution in [3.05, 3.63) is 48.6 Å². The first-order chi connectivity index (χ1) is 15.4. The quantitative estimate of drug-likeness (QED) is 0.304. The van der Waals surface area contributed by atoms with E-state index < -0.39 is 26.1 Å². The van der Waals surface area contributed by atoms with Gasteiger partial charge < -0.3 is 28.2 Å². The van der Waals surface area contributed by atoms with Crippen molar-refractivity contribution >= 4 is 8.32 Å². The fraction of sp³-hybridized carbons (Fsp3) is 0.680. The lowest BCUT2D eigenvalue weighted by molar-refractivity contribution is -0.275. The average molecular weight is 478 g/mol. The highest BCUT2D eigenvalue weighted by Gasteiger charge is 2.61. The van der Waals surface area contributed by atoms with Crippen LogP contribution in [0.15, 0.2) is 43.0 Å². The van der Waals surface area contributed by atoms with Crippen molar-refractivity contribution in [2.75, 3.05) is 6.61 Å². The standard InChI is InChI=1S/C25H39NO6Si/c1-9-13-18(17-14-11-10-12-15-17)26(32-33(6,7)8)23-22-21(30-25(4,5)31-22)20(28-23)19-16-27-24(2,3)29-19/h9-12,14-15,18-23H,1,13,16H2,2-8H3/t18-,19+,20+,21-,22-,23-/m0/s1. The van der Waals surface area contributed by atoms with E-state index in [-0.39, 0.29) is 30.5 Å². The van der Waals surface area contributed by atoms with Gasteiger partial charge in [0.15, 0.2) is 17.8 Å². The smallest absolute Gasteiger partial charge is 0.212 e. The maximum absolute atomic E-state index is 6.71. The van der Waals surface area contributed by atoms with Crippen LogP contribution in [0.2, 0.25) is 19.6 Å². The lowest BCUT2D eigenvalue weighted by Gasteiger charge is -2.40. The second-order valence-electron chi connectivity index (χ2n) is 10.9. The van der Waals surface area contributed by atoms with E-state index in [1.54, 1.807) is 0 Å². The molecule has 3 aliphatic rings. The van der Waals surface area contributed by atoms with E-state index in [9.17, 15) is 0 Å². The Kier molecular flexibility index (Phi) is 6.94. The fourth-order valence-electron chi connectivity index (χ4n) is 4.82. The first kappa shape index (κ1) is 25.0. The molecule has 0 bridgehead atoms. The number of nitrogens with zero attached hydrogens (tertiary/aromatic N) is 1. The molecule has 8 heteroatoms. The van der Waals surface area contributed by atoms with Crippen molar-refractivity contribution in [3.63, 3.8) is 0 Å². The largest absolute Gasteiger partial charge is 0.349 e. The van der Waals surface area contributed by atoms with Gasteiger partial charge in [-0.05, 0) is 59.3 Å². The Hall–Kier alpha value is -1.10. The van der Waals surface area contributed by atoms with Crippen molar-refractivity contribution in [2.45, 2.75) is 102 Å². The van der Waals surface area contributed by atoms with E-state index in [1.165, 1.54) is 0 Å². The van der Waals surface area contributed by atoms with E-state index in [4.69, 9.17) is 28.2 Å². The van der Waals surface area contributed by atoms with Crippen LogP contribution in [0.25, 0.3) is 0 Å². The van der Waals surface area contributed by atoms with Crippen molar-refractivity contribution in [1.29, 1.82) is 0 Å². The van der Waals surface area contributed by atoms with Gasteiger partial charge in [-0.3, -0.25) is 0 Å². The topological polar surface area (TPSA) is 58.6 Å². The molecule has 184 valence electrons. The second kappa shape index (κ2) is 9.16. The van der Waals surface area contributed by atoms with E-state index >= 15 is 0 Å². The summed E-state index contributed by atoms with van der Waals surface area (Å²) in [6, 6.07) is 10.3. The van der Waals surface area contributed by atoms with Crippen LogP contribution >= 0.6 is 0 Å². The molecular formula is C25H39NO6Si. The SMILES string of the molecule is C=CC[C@@H](c1ccccc1)N(O[Si](C)(C)C)[C@H]1O[C@H]([C@H]2COC(C)(C)O2)[C@@H]2OC(C)(C)O[C@@H]21. The number of rotatable bonds is 8. The Balaban J connectivity index is 1.70. The Morgan fingerprint density at radius 3 is 2.27 bits per heavy atom. The van der Waals surface area contributed by atoms with E-state index in [0.717, 1.165) is 5.56 Å². The lowest BCUT2D eigenvalue weighted by atomic mass is 10.0. The predicted molar refractivity (Wildman–Crippen MR) is 128 cm³/mol. The highest BCUT2D eigenvalue weighted by atomic mass is 28.4. The van der Waals surface area contributed by atoms with Gasteiger partial charge in [0.05, 0.1) is 12.6 Å². The molecule has 0 spiro atoms. The van der Waals surface area contributed by atoms with E-state index in [0.29, 0.717) is 13.0 Å². The molecular weight excluding hydrogens is 438 g/mol. The van der Waals surface area contributed by atoms with E-state index in [2.05, 4.69) is 38.4 Å². The molecule has 0 aliphatic carbocycles. The summed E-state index contributed by atoms with van der Waals surface area (Å²) in [7, 11) is -2.01. The zero-order valence-electron chi connectivity index (χ0n) is 20.9. The molecule has 1 aromatic carbocycles. The Morgan fingerprint density at radius 2 is 1.70 bits per heavy atom. The first-order valence-electron chi connectivity index (χ1n) is 11.9. The van der Waals surface area contributed by atoms with Crippen molar-refractivity contribution in [1.82, 2.24) is 5.06 Å². The summed E-state index contributed by atoms with van der Waals surface area (Å²) in [5.74, 6) is -1.38. The molecule has 3 heterocycles. The van der Waals surface area contributed by atoms with Gasteiger partial charge in [-0.25, -0.2) is 0 Å². The minimum Gasteiger partial charge on any atom is -0.349 e.